The highest BCUT2D eigenvalue weighted by atomic mass is 32.1. The van der Waals surface area contributed by atoms with Crippen LogP contribution < -0.4 is 0 Å². The molecular weight excluding hydrogens is 707 g/mol. The lowest BCUT2D eigenvalue weighted by Gasteiger charge is -2.06. The van der Waals surface area contributed by atoms with Crippen LogP contribution in [-0.2, 0) is 11.3 Å². The van der Waals surface area contributed by atoms with Gasteiger partial charge in [0, 0.05) is 22.3 Å². The number of fused-ring (bicyclic) bond motifs is 7. The SMILES string of the molecule is O=C1C(=Cc2nc3c(s2)c2sc(/C=C4\C(=O)c5cc6ccccc6cc5C4O)nc2n3C(=O)OCc2ccccc2)C(=O)c2cc3ccccc3cc21. The third-order valence-electron chi connectivity index (χ3n) is 9.69. The Morgan fingerprint density at radius 2 is 1.19 bits per heavy atom. The van der Waals surface area contributed by atoms with Gasteiger partial charge in [0.25, 0.3) is 0 Å². The van der Waals surface area contributed by atoms with Crippen LogP contribution >= 0.6 is 22.7 Å². The van der Waals surface area contributed by atoms with E-state index in [4.69, 9.17) is 14.7 Å². The molecule has 53 heavy (non-hydrogen) atoms. The van der Waals surface area contributed by atoms with Gasteiger partial charge in [-0.2, -0.15) is 0 Å². The molecule has 2 aliphatic rings. The monoisotopic (exact) mass is 729 g/mol. The second kappa shape index (κ2) is 11.8. The molecule has 8 aromatic rings. The Labute approximate surface area is 307 Å². The van der Waals surface area contributed by atoms with Gasteiger partial charge in [0.1, 0.15) is 22.7 Å². The summed E-state index contributed by atoms with van der Waals surface area (Å²) in [6, 6.07) is 31.6. The summed E-state index contributed by atoms with van der Waals surface area (Å²) in [6.07, 6.45) is 1.18. The maximum Gasteiger partial charge on any atom is 0.421 e. The average molecular weight is 730 g/mol. The van der Waals surface area contributed by atoms with Gasteiger partial charge in [0.05, 0.1) is 15.0 Å². The number of aliphatic hydroxyl groups excluding tert-OH is 1. The molecule has 2 aliphatic carbocycles. The maximum atomic E-state index is 13.8. The molecule has 3 heterocycles. The van der Waals surface area contributed by atoms with E-state index >= 15 is 0 Å². The standard InChI is InChI=1S/C42H23N3O6S2/c46-34-26-14-22-10-4-5-11-23(22)15-27(26)35(47)30(34)18-32-43-40-38(52-32)39-41(45(40)42(50)51-20-21-8-2-1-3-9-21)44-33(53-39)19-31-36(48)28-16-24-12-6-7-13-25(24)17-29(28)37(31)49/h1-19,34,46H,20H2/b30-18-. The van der Waals surface area contributed by atoms with Crippen LogP contribution in [0.4, 0.5) is 4.79 Å². The van der Waals surface area contributed by atoms with E-state index in [1.807, 2.05) is 84.9 Å². The molecule has 254 valence electrons. The van der Waals surface area contributed by atoms with Gasteiger partial charge in [-0.05, 0) is 69.1 Å². The number of benzene rings is 5. The molecule has 9 nitrogen and oxygen atoms in total. The molecule has 10 rings (SSSR count). The number of aromatic nitrogens is 3. The minimum absolute atomic E-state index is 0.00292. The second-order valence-electron chi connectivity index (χ2n) is 12.9. The quantitative estimate of drug-likeness (QED) is 0.140. The number of carbonyl (C=O) groups excluding carboxylic acids is 4. The fourth-order valence-electron chi connectivity index (χ4n) is 7.11. The van der Waals surface area contributed by atoms with Gasteiger partial charge in [-0.15, -0.1) is 22.7 Å². The Hall–Kier alpha value is -6.40. The molecule has 0 fully saturated rings. The first-order chi connectivity index (χ1) is 25.8. The van der Waals surface area contributed by atoms with E-state index in [-0.39, 0.29) is 46.4 Å². The van der Waals surface area contributed by atoms with Crippen LogP contribution in [0, 0.1) is 0 Å². The lowest BCUT2D eigenvalue weighted by atomic mass is 10.0. The number of allylic oxidation sites excluding steroid dienone is 1. The smallest absolute Gasteiger partial charge is 0.421 e. The van der Waals surface area contributed by atoms with Crippen molar-refractivity contribution in [2.75, 3.05) is 0 Å². The Morgan fingerprint density at radius 3 is 1.77 bits per heavy atom. The molecule has 5 aromatic carbocycles. The van der Waals surface area contributed by atoms with Crippen molar-refractivity contribution in [1.82, 2.24) is 14.5 Å². The van der Waals surface area contributed by atoms with Crippen LogP contribution in [0.3, 0.4) is 0 Å². The number of hydrogen-bond donors (Lipinski definition) is 1. The topological polar surface area (TPSA) is 128 Å². The van der Waals surface area contributed by atoms with Gasteiger partial charge in [0.15, 0.2) is 28.6 Å². The predicted octanol–water partition coefficient (Wildman–Crippen LogP) is 8.97. The highest BCUT2D eigenvalue weighted by Gasteiger charge is 2.36. The molecule has 0 amide bonds. The van der Waals surface area contributed by atoms with E-state index in [9.17, 15) is 24.3 Å². The molecule has 0 radical (unpaired) electrons. The summed E-state index contributed by atoms with van der Waals surface area (Å²) >= 11 is 2.45. The van der Waals surface area contributed by atoms with Crippen LogP contribution in [0.25, 0.3) is 54.4 Å². The predicted molar refractivity (Wildman–Crippen MR) is 205 cm³/mol. The third-order valence-corrected chi connectivity index (χ3v) is 11.8. The zero-order valence-electron chi connectivity index (χ0n) is 27.4. The molecule has 11 heteroatoms. The molecule has 0 saturated carbocycles. The molecule has 0 saturated heterocycles. The van der Waals surface area contributed by atoms with Crippen LogP contribution in [0.5, 0.6) is 0 Å². The van der Waals surface area contributed by atoms with Crippen LogP contribution in [0.1, 0.15) is 58.3 Å². The van der Waals surface area contributed by atoms with E-state index in [0.717, 1.165) is 27.1 Å². The van der Waals surface area contributed by atoms with Crippen molar-refractivity contribution < 1.29 is 29.0 Å². The number of thiazole rings is 2. The zero-order chi connectivity index (χ0) is 36.0. The fraction of sp³-hybridized carbons (Fsp3) is 0.0476. The largest absolute Gasteiger partial charge is 0.444 e. The van der Waals surface area contributed by atoms with Crippen LogP contribution in [-0.4, -0.2) is 43.1 Å². The number of carbonyl (C=O) groups is 4. The van der Waals surface area contributed by atoms with E-state index in [0.29, 0.717) is 41.7 Å². The summed E-state index contributed by atoms with van der Waals surface area (Å²) in [7, 11) is 0. The van der Waals surface area contributed by atoms with Crippen molar-refractivity contribution in [3.8, 4) is 0 Å². The highest BCUT2D eigenvalue weighted by molar-refractivity contribution is 7.27. The van der Waals surface area contributed by atoms with Gasteiger partial charge in [0.2, 0.25) is 0 Å². The lowest BCUT2D eigenvalue weighted by Crippen LogP contribution is -2.14. The molecule has 0 spiro atoms. The number of aliphatic hydroxyl groups is 1. The fourth-order valence-corrected chi connectivity index (χ4v) is 9.22. The normalized spacial score (nSPS) is 16.1. The number of ketones is 3. The van der Waals surface area contributed by atoms with Crippen molar-refractivity contribution in [2.45, 2.75) is 12.7 Å². The highest BCUT2D eigenvalue weighted by Crippen LogP contribution is 2.42. The lowest BCUT2D eigenvalue weighted by molar-refractivity contribution is 0.0986. The number of rotatable bonds is 4. The first-order valence-electron chi connectivity index (χ1n) is 16.7. The summed E-state index contributed by atoms with van der Waals surface area (Å²) in [4.78, 5) is 63.9. The Morgan fingerprint density at radius 1 is 0.679 bits per heavy atom. The van der Waals surface area contributed by atoms with Crippen molar-refractivity contribution in [1.29, 1.82) is 0 Å². The Kier molecular flexibility index (Phi) is 6.99. The summed E-state index contributed by atoms with van der Waals surface area (Å²) in [5, 5.41) is 15.6. The van der Waals surface area contributed by atoms with Crippen molar-refractivity contribution in [3.63, 3.8) is 0 Å². The molecule has 1 N–H and O–H groups in total. The summed E-state index contributed by atoms with van der Waals surface area (Å²) in [5.74, 6) is -1.06. The molecule has 3 aromatic heterocycles. The number of ether oxygens (including phenoxy) is 1. The van der Waals surface area contributed by atoms with Gasteiger partial charge in [-0.1, -0.05) is 78.9 Å². The van der Waals surface area contributed by atoms with Crippen molar-refractivity contribution in [3.05, 3.63) is 152 Å². The molecule has 1 atom stereocenters. The van der Waals surface area contributed by atoms with Gasteiger partial charge < -0.3 is 9.84 Å². The maximum absolute atomic E-state index is 13.8. The van der Waals surface area contributed by atoms with E-state index in [1.165, 1.54) is 33.3 Å². The molecule has 1 unspecified atom stereocenters. The van der Waals surface area contributed by atoms with Crippen LogP contribution in [0.15, 0.2) is 114 Å². The summed E-state index contributed by atoms with van der Waals surface area (Å²) in [5.41, 5.74) is 3.17. The number of Topliss-reactive ketones (excluding diaryl/α,β-unsaturated/α-hetero) is 3. The van der Waals surface area contributed by atoms with Crippen molar-refractivity contribution >= 4 is 101 Å². The number of hydrogen-bond acceptors (Lipinski definition) is 10. The average Bonchev–Trinajstić information content (AvgIpc) is 3.95. The first kappa shape index (κ1) is 31.3. The van der Waals surface area contributed by atoms with Crippen LogP contribution in [0.2, 0.25) is 0 Å². The minimum Gasteiger partial charge on any atom is -0.444 e. The molecule has 0 bridgehead atoms. The van der Waals surface area contributed by atoms with Gasteiger partial charge >= 0.3 is 6.09 Å². The third kappa shape index (κ3) is 4.93. The molecule has 0 aliphatic heterocycles. The van der Waals surface area contributed by atoms with E-state index in [1.54, 1.807) is 24.3 Å². The summed E-state index contributed by atoms with van der Waals surface area (Å²) < 4.78 is 8.20. The summed E-state index contributed by atoms with van der Waals surface area (Å²) in [6.45, 7) is 0.00581. The number of nitrogens with zero attached hydrogens (tertiary/aromatic N) is 3. The van der Waals surface area contributed by atoms with E-state index in [2.05, 4.69) is 0 Å². The second-order valence-corrected chi connectivity index (χ2v) is 14.9. The van der Waals surface area contributed by atoms with Gasteiger partial charge in [-0.3, -0.25) is 14.4 Å². The Bertz CT molecular complexity index is 2950. The van der Waals surface area contributed by atoms with Gasteiger partial charge in [-0.25, -0.2) is 19.3 Å². The van der Waals surface area contributed by atoms with E-state index < -0.39 is 12.2 Å². The minimum atomic E-state index is -1.15. The van der Waals surface area contributed by atoms with Crippen molar-refractivity contribution in [2.24, 2.45) is 0 Å². The Balaban J connectivity index is 1.07. The first-order valence-corrected chi connectivity index (χ1v) is 18.3. The molecular formula is C42H23N3O6S2. The zero-order valence-corrected chi connectivity index (χ0v) is 29.0.